The number of nitrogens with two attached hydrogens (primary N) is 1. The van der Waals surface area contributed by atoms with Crippen LogP contribution in [0.25, 0.3) is 0 Å². The van der Waals surface area contributed by atoms with Gasteiger partial charge in [0.05, 0.1) is 6.61 Å². The molecule has 0 unspecified atom stereocenters. The first-order chi connectivity index (χ1) is 6.26. The van der Waals surface area contributed by atoms with Crippen LogP contribution < -0.4 is 10.5 Å². The summed E-state index contributed by atoms with van der Waals surface area (Å²) < 4.78 is 5.49. The lowest BCUT2D eigenvalue weighted by atomic mass is 10.3. The van der Waals surface area contributed by atoms with E-state index >= 15 is 0 Å². The highest BCUT2D eigenvalue weighted by molar-refractivity contribution is 7.98. The Labute approximate surface area is 83.5 Å². The number of benzene rings is 1. The van der Waals surface area contributed by atoms with Gasteiger partial charge in [-0.25, -0.2) is 0 Å². The number of hydrogen-bond donors (Lipinski definition) is 1. The molecular formula is C10H15NOS. The van der Waals surface area contributed by atoms with Crippen LogP contribution in [-0.2, 0) is 0 Å². The quantitative estimate of drug-likeness (QED) is 0.595. The second kappa shape index (κ2) is 5.02. The molecule has 1 aromatic carbocycles. The minimum absolute atomic E-state index is 0.747. The van der Waals surface area contributed by atoms with Gasteiger partial charge in [0.1, 0.15) is 5.75 Å². The highest BCUT2D eigenvalue weighted by atomic mass is 32.2. The lowest BCUT2D eigenvalue weighted by Crippen LogP contribution is -1.96. The van der Waals surface area contributed by atoms with Gasteiger partial charge in [-0.05, 0) is 24.8 Å². The molecule has 0 aliphatic heterocycles. The van der Waals surface area contributed by atoms with E-state index in [2.05, 4.69) is 6.92 Å². The van der Waals surface area contributed by atoms with Gasteiger partial charge in [0.2, 0.25) is 0 Å². The Morgan fingerprint density at radius 3 is 2.77 bits per heavy atom. The van der Waals surface area contributed by atoms with Crippen LogP contribution in [0.5, 0.6) is 5.75 Å². The number of nitrogen functional groups attached to an aromatic ring is 1. The van der Waals surface area contributed by atoms with E-state index in [9.17, 15) is 0 Å². The highest BCUT2D eigenvalue weighted by Crippen LogP contribution is 2.24. The van der Waals surface area contributed by atoms with Crippen LogP contribution >= 0.6 is 11.8 Å². The lowest BCUT2D eigenvalue weighted by Gasteiger charge is -2.07. The summed E-state index contributed by atoms with van der Waals surface area (Å²) in [6, 6.07) is 5.82. The molecule has 0 aliphatic carbocycles. The second-order valence-electron chi connectivity index (χ2n) is 2.79. The summed E-state index contributed by atoms with van der Waals surface area (Å²) in [7, 11) is 0. The van der Waals surface area contributed by atoms with E-state index in [4.69, 9.17) is 10.5 Å². The number of thioether (sulfide) groups is 1. The standard InChI is InChI=1S/C10H15NOS/c1-3-4-12-9-5-8(11)6-10(7-9)13-2/h5-7H,3-4,11H2,1-2H3. The van der Waals surface area contributed by atoms with Crippen molar-refractivity contribution in [2.24, 2.45) is 0 Å². The maximum absolute atomic E-state index is 5.71. The van der Waals surface area contributed by atoms with Gasteiger partial charge < -0.3 is 10.5 Å². The molecule has 13 heavy (non-hydrogen) atoms. The van der Waals surface area contributed by atoms with Gasteiger partial charge in [0.15, 0.2) is 0 Å². The predicted octanol–water partition coefficient (Wildman–Crippen LogP) is 2.78. The van der Waals surface area contributed by atoms with E-state index in [1.54, 1.807) is 11.8 Å². The molecule has 2 nitrogen and oxygen atoms in total. The molecule has 2 N–H and O–H groups in total. The fourth-order valence-electron chi connectivity index (χ4n) is 1.01. The van der Waals surface area contributed by atoms with Crippen molar-refractivity contribution in [2.75, 3.05) is 18.6 Å². The molecule has 72 valence electrons. The molecule has 0 amide bonds. The van der Waals surface area contributed by atoms with Crippen molar-refractivity contribution in [1.82, 2.24) is 0 Å². The van der Waals surface area contributed by atoms with Crippen molar-refractivity contribution in [3.05, 3.63) is 18.2 Å². The smallest absolute Gasteiger partial charge is 0.122 e. The van der Waals surface area contributed by atoms with E-state index in [1.165, 1.54) is 0 Å². The number of anilines is 1. The van der Waals surface area contributed by atoms with Crippen molar-refractivity contribution in [3.63, 3.8) is 0 Å². The van der Waals surface area contributed by atoms with Gasteiger partial charge in [-0.2, -0.15) is 0 Å². The molecule has 0 saturated carbocycles. The topological polar surface area (TPSA) is 35.2 Å². The van der Waals surface area contributed by atoms with Crippen LogP contribution in [0.2, 0.25) is 0 Å². The third kappa shape index (κ3) is 3.19. The molecule has 0 fully saturated rings. The second-order valence-corrected chi connectivity index (χ2v) is 3.67. The molecule has 0 aromatic heterocycles. The van der Waals surface area contributed by atoms with Crippen LogP contribution in [0, 0.1) is 0 Å². The molecule has 1 rings (SSSR count). The monoisotopic (exact) mass is 197 g/mol. The third-order valence-corrected chi connectivity index (χ3v) is 2.32. The Balaban J connectivity index is 2.76. The SMILES string of the molecule is CCCOc1cc(N)cc(SC)c1. The summed E-state index contributed by atoms with van der Waals surface area (Å²) in [5, 5.41) is 0. The van der Waals surface area contributed by atoms with E-state index in [0.29, 0.717) is 0 Å². The maximum atomic E-state index is 5.71. The summed E-state index contributed by atoms with van der Waals surface area (Å²) >= 11 is 1.67. The van der Waals surface area contributed by atoms with Crippen molar-refractivity contribution in [2.45, 2.75) is 18.2 Å². The van der Waals surface area contributed by atoms with Crippen molar-refractivity contribution in [3.8, 4) is 5.75 Å². The Hall–Kier alpha value is -0.830. The van der Waals surface area contributed by atoms with Gasteiger partial charge in [-0.1, -0.05) is 6.92 Å². The van der Waals surface area contributed by atoms with Gasteiger partial charge in [-0.3, -0.25) is 0 Å². The average Bonchev–Trinajstić information content (AvgIpc) is 2.14. The van der Waals surface area contributed by atoms with E-state index < -0.39 is 0 Å². The van der Waals surface area contributed by atoms with Gasteiger partial charge in [0, 0.05) is 16.6 Å². The zero-order chi connectivity index (χ0) is 9.68. The molecule has 0 saturated heterocycles. The fourth-order valence-corrected chi connectivity index (χ4v) is 1.50. The van der Waals surface area contributed by atoms with Crippen molar-refractivity contribution < 1.29 is 4.74 Å². The lowest BCUT2D eigenvalue weighted by molar-refractivity contribution is 0.317. The third-order valence-electron chi connectivity index (χ3n) is 1.61. The van der Waals surface area contributed by atoms with Crippen LogP contribution in [-0.4, -0.2) is 12.9 Å². The first kappa shape index (κ1) is 10.3. The summed E-state index contributed by atoms with van der Waals surface area (Å²) in [5.41, 5.74) is 6.48. The van der Waals surface area contributed by atoms with Crippen LogP contribution in [0.1, 0.15) is 13.3 Å². The first-order valence-corrected chi connectivity index (χ1v) is 5.56. The average molecular weight is 197 g/mol. The molecule has 0 atom stereocenters. The number of ether oxygens (including phenoxy) is 1. The minimum Gasteiger partial charge on any atom is -0.493 e. The van der Waals surface area contributed by atoms with E-state index in [1.807, 2.05) is 24.5 Å². The Bertz CT molecular complexity index is 276. The normalized spacial score (nSPS) is 10.0. The van der Waals surface area contributed by atoms with Crippen LogP contribution in [0.15, 0.2) is 23.1 Å². The zero-order valence-corrected chi connectivity index (χ0v) is 8.86. The largest absolute Gasteiger partial charge is 0.493 e. The van der Waals surface area contributed by atoms with Crippen molar-refractivity contribution >= 4 is 17.4 Å². The number of hydrogen-bond acceptors (Lipinski definition) is 3. The molecule has 1 aromatic rings. The van der Waals surface area contributed by atoms with Crippen LogP contribution in [0.3, 0.4) is 0 Å². The van der Waals surface area contributed by atoms with E-state index in [0.717, 1.165) is 29.4 Å². The van der Waals surface area contributed by atoms with Gasteiger partial charge in [-0.15, -0.1) is 11.8 Å². The van der Waals surface area contributed by atoms with Gasteiger partial charge in [0.25, 0.3) is 0 Å². The molecule has 0 heterocycles. The Morgan fingerprint density at radius 1 is 1.38 bits per heavy atom. The summed E-state index contributed by atoms with van der Waals surface area (Å²) in [5.74, 6) is 0.867. The first-order valence-electron chi connectivity index (χ1n) is 4.33. The number of rotatable bonds is 4. The zero-order valence-electron chi connectivity index (χ0n) is 8.04. The highest BCUT2D eigenvalue weighted by Gasteiger charge is 1.98. The summed E-state index contributed by atoms with van der Waals surface area (Å²) in [6.07, 6.45) is 3.04. The molecule has 0 spiro atoms. The Kier molecular flexibility index (Phi) is 3.96. The fraction of sp³-hybridized carbons (Fsp3) is 0.400. The maximum Gasteiger partial charge on any atom is 0.122 e. The van der Waals surface area contributed by atoms with Gasteiger partial charge >= 0.3 is 0 Å². The molecule has 0 bridgehead atoms. The Morgan fingerprint density at radius 2 is 2.15 bits per heavy atom. The summed E-state index contributed by atoms with van der Waals surface area (Å²) in [4.78, 5) is 1.14. The molecule has 3 heteroatoms. The summed E-state index contributed by atoms with van der Waals surface area (Å²) in [6.45, 7) is 2.83. The van der Waals surface area contributed by atoms with Crippen molar-refractivity contribution in [1.29, 1.82) is 0 Å². The molecule has 0 aliphatic rings. The minimum atomic E-state index is 0.747. The van der Waals surface area contributed by atoms with Crippen LogP contribution in [0.4, 0.5) is 5.69 Å². The predicted molar refractivity (Wildman–Crippen MR) is 58.4 cm³/mol. The van der Waals surface area contributed by atoms with E-state index in [-0.39, 0.29) is 0 Å². The molecule has 0 radical (unpaired) electrons. The molecular weight excluding hydrogens is 182 g/mol.